The van der Waals surface area contributed by atoms with Gasteiger partial charge in [0.25, 0.3) is 0 Å². The van der Waals surface area contributed by atoms with E-state index in [2.05, 4.69) is 143 Å². The highest BCUT2D eigenvalue weighted by atomic mass is 32.2. The Hall–Kier alpha value is -5.80. The van der Waals surface area contributed by atoms with E-state index in [-0.39, 0.29) is 0 Å². The lowest BCUT2D eigenvalue weighted by atomic mass is 10.1. The summed E-state index contributed by atoms with van der Waals surface area (Å²) >= 11 is 3.58. The highest BCUT2D eigenvalue weighted by Crippen LogP contribution is 2.43. The Balaban J connectivity index is 1.25. The zero-order chi connectivity index (χ0) is 31.8. The fraction of sp³-hybridized carbons (Fsp3) is 0. The molecule has 10 rings (SSSR count). The second-order valence-corrected chi connectivity index (χ2v) is 14.3. The Morgan fingerprint density at radius 2 is 0.979 bits per heavy atom. The molecule has 0 aliphatic rings. The number of rotatable bonds is 4. The molecule has 3 aromatic heterocycles. The van der Waals surface area contributed by atoms with Gasteiger partial charge in [0.2, 0.25) is 0 Å². The van der Waals surface area contributed by atoms with Crippen LogP contribution in [0.4, 0.5) is 0 Å². The third-order valence-corrected chi connectivity index (χ3v) is 11.5. The Bertz CT molecular complexity index is 2900. The molecule has 48 heavy (non-hydrogen) atoms. The molecule has 0 spiro atoms. The van der Waals surface area contributed by atoms with Gasteiger partial charge in [-0.2, -0.15) is 5.26 Å². The summed E-state index contributed by atoms with van der Waals surface area (Å²) in [6, 6.07) is 56.6. The quantitative estimate of drug-likeness (QED) is 0.190. The molecular formula is C43H25N3S2. The van der Waals surface area contributed by atoms with Crippen molar-refractivity contribution in [1.82, 2.24) is 9.13 Å². The van der Waals surface area contributed by atoms with E-state index in [0.29, 0.717) is 5.56 Å². The molecule has 5 heteroatoms. The maximum absolute atomic E-state index is 9.19. The minimum absolute atomic E-state index is 0.676. The van der Waals surface area contributed by atoms with Crippen molar-refractivity contribution in [3.05, 3.63) is 157 Å². The Kier molecular flexibility index (Phi) is 6.04. The first-order valence-corrected chi connectivity index (χ1v) is 17.5. The van der Waals surface area contributed by atoms with Crippen molar-refractivity contribution in [2.24, 2.45) is 0 Å². The van der Waals surface area contributed by atoms with E-state index in [1.807, 2.05) is 35.6 Å². The number of fused-ring (bicyclic) bond motifs is 9. The molecule has 0 N–H and O–H groups in total. The smallest absolute Gasteiger partial charge is 0.0991 e. The van der Waals surface area contributed by atoms with Gasteiger partial charge in [-0.1, -0.05) is 66.4 Å². The van der Waals surface area contributed by atoms with Crippen LogP contribution < -0.4 is 0 Å². The van der Waals surface area contributed by atoms with Crippen LogP contribution in [0, 0.1) is 11.3 Å². The molecule has 3 nitrogen and oxygen atoms in total. The van der Waals surface area contributed by atoms with Gasteiger partial charge in [-0.15, -0.1) is 11.3 Å². The minimum Gasteiger partial charge on any atom is -0.309 e. The third-order valence-electron chi connectivity index (χ3n) is 9.39. The Labute approximate surface area is 284 Å². The summed E-state index contributed by atoms with van der Waals surface area (Å²) in [6.07, 6.45) is 0. The maximum atomic E-state index is 9.19. The van der Waals surface area contributed by atoms with Gasteiger partial charge in [-0.05, 0) is 97.1 Å². The van der Waals surface area contributed by atoms with Crippen LogP contribution in [0.2, 0.25) is 0 Å². The van der Waals surface area contributed by atoms with Crippen LogP contribution in [0.3, 0.4) is 0 Å². The van der Waals surface area contributed by atoms with Crippen LogP contribution in [-0.4, -0.2) is 9.13 Å². The molecule has 0 aliphatic carbocycles. The first-order valence-electron chi connectivity index (χ1n) is 15.9. The van der Waals surface area contributed by atoms with Gasteiger partial charge in [0, 0.05) is 62.9 Å². The predicted octanol–water partition coefficient (Wildman–Crippen LogP) is 12.3. The van der Waals surface area contributed by atoms with Gasteiger partial charge in [-0.25, -0.2) is 0 Å². The molecule has 0 saturated carbocycles. The number of aromatic nitrogens is 2. The third kappa shape index (κ3) is 4.14. The average molecular weight is 648 g/mol. The maximum Gasteiger partial charge on any atom is 0.0991 e. The van der Waals surface area contributed by atoms with Gasteiger partial charge in [0.05, 0.1) is 33.7 Å². The molecule has 0 bridgehead atoms. The van der Waals surface area contributed by atoms with E-state index in [4.69, 9.17) is 0 Å². The second-order valence-electron chi connectivity index (χ2n) is 12.1. The SMILES string of the molecule is N#Cc1ccc(Sc2ccc(-n3c4cc5c(cc4c4cc6c(cc43)c3ccccc3n6-c3ccccc3)sc3ccccc35)cc2)cc1. The Morgan fingerprint density at radius 1 is 0.438 bits per heavy atom. The lowest BCUT2D eigenvalue weighted by molar-refractivity contribution is 1.17. The van der Waals surface area contributed by atoms with Crippen LogP contribution in [-0.2, 0) is 0 Å². The summed E-state index contributed by atoms with van der Waals surface area (Å²) in [4.78, 5) is 2.27. The van der Waals surface area contributed by atoms with Crippen LogP contribution in [0.25, 0.3) is 75.2 Å². The fourth-order valence-corrected chi connectivity index (χ4v) is 9.17. The molecule has 0 atom stereocenters. The molecule has 7 aromatic carbocycles. The summed E-state index contributed by atoms with van der Waals surface area (Å²) in [5.41, 5.74) is 7.78. The fourth-order valence-electron chi connectivity index (χ4n) is 7.23. The van der Waals surface area contributed by atoms with E-state index in [0.717, 1.165) is 21.2 Å². The van der Waals surface area contributed by atoms with Crippen LogP contribution in [0.15, 0.2) is 161 Å². The van der Waals surface area contributed by atoms with Crippen molar-refractivity contribution in [2.45, 2.75) is 9.79 Å². The van der Waals surface area contributed by atoms with Crippen LogP contribution >= 0.6 is 23.1 Å². The molecule has 0 saturated heterocycles. The molecule has 3 heterocycles. The first-order chi connectivity index (χ1) is 23.7. The molecular weight excluding hydrogens is 623 g/mol. The summed E-state index contributed by atoms with van der Waals surface area (Å²) in [6.45, 7) is 0. The van der Waals surface area contributed by atoms with Crippen molar-refractivity contribution in [3.63, 3.8) is 0 Å². The largest absolute Gasteiger partial charge is 0.309 e. The number of hydrogen-bond acceptors (Lipinski definition) is 3. The number of benzene rings is 7. The van der Waals surface area contributed by atoms with E-state index < -0.39 is 0 Å². The molecule has 0 aliphatic heterocycles. The molecule has 0 fully saturated rings. The zero-order valence-corrected chi connectivity index (χ0v) is 27.2. The highest BCUT2D eigenvalue weighted by molar-refractivity contribution is 7.99. The lowest BCUT2D eigenvalue weighted by Gasteiger charge is -2.10. The van der Waals surface area contributed by atoms with Crippen molar-refractivity contribution in [3.8, 4) is 17.4 Å². The number of para-hydroxylation sites is 2. The van der Waals surface area contributed by atoms with Gasteiger partial charge in [-0.3, -0.25) is 0 Å². The Morgan fingerprint density at radius 3 is 1.71 bits per heavy atom. The van der Waals surface area contributed by atoms with Gasteiger partial charge < -0.3 is 9.13 Å². The van der Waals surface area contributed by atoms with Crippen molar-refractivity contribution in [1.29, 1.82) is 5.26 Å². The molecule has 0 unspecified atom stereocenters. The summed E-state index contributed by atoms with van der Waals surface area (Å²) in [5, 5.41) is 16.8. The van der Waals surface area contributed by atoms with Gasteiger partial charge in [0.1, 0.15) is 0 Å². The monoisotopic (exact) mass is 647 g/mol. The van der Waals surface area contributed by atoms with Crippen LogP contribution in [0.1, 0.15) is 5.56 Å². The number of nitriles is 1. The molecule has 10 aromatic rings. The average Bonchev–Trinajstić information content (AvgIpc) is 3.77. The normalized spacial score (nSPS) is 11.8. The van der Waals surface area contributed by atoms with Gasteiger partial charge >= 0.3 is 0 Å². The standard InChI is InChI=1S/C43H25N3S2/c44-26-27-14-18-30(19-15-27)47-31-20-16-29(17-21-31)46-40-22-34-32-10-4-6-12-38(32)45(28-8-2-1-3-9-28)39(34)23-35(40)36-25-43-37(24-41(36)46)33-11-5-7-13-42(33)48-43/h1-25H. The molecule has 224 valence electrons. The first kappa shape index (κ1) is 27.3. The predicted molar refractivity (Wildman–Crippen MR) is 203 cm³/mol. The molecule has 0 radical (unpaired) electrons. The van der Waals surface area contributed by atoms with E-state index in [1.165, 1.54) is 63.8 Å². The minimum atomic E-state index is 0.676. The lowest BCUT2D eigenvalue weighted by Crippen LogP contribution is -1.94. The number of thiophene rings is 1. The molecule has 0 amide bonds. The highest BCUT2D eigenvalue weighted by Gasteiger charge is 2.20. The number of hydrogen-bond donors (Lipinski definition) is 0. The topological polar surface area (TPSA) is 33.6 Å². The zero-order valence-electron chi connectivity index (χ0n) is 25.6. The summed E-state index contributed by atoms with van der Waals surface area (Å²) in [7, 11) is 0. The van der Waals surface area contributed by atoms with E-state index in [1.54, 1.807) is 11.8 Å². The van der Waals surface area contributed by atoms with Crippen molar-refractivity contribution >= 4 is 86.9 Å². The summed E-state index contributed by atoms with van der Waals surface area (Å²) < 4.78 is 7.47. The van der Waals surface area contributed by atoms with E-state index >= 15 is 0 Å². The van der Waals surface area contributed by atoms with Crippen LogP contribution in [0.5, 0.6) is 0 Å². The van der Waals surface area contributed by atoms with Crippen molar-refractivity contribution < 1.29 is 0 Å². The van der Waals surface area contributed by atoms with Crippen molar-refractivity contribution in [2.75, 3.05) is 0 Å². The van der Waals surface area contributed by atoms with E-state index in [9.17, 15) is 5.26 Å². The second kappa shape index (κ2) is 10.6. The van der Waals surface area contributed by atoms with Gasteiger partial charge in [0.15, 0.2) is 0 Å². The number of nitrogens with zero attached hydrogens (tertiary/aromatic N) is 3. The summed E-state index contributed by atoms with van der Waals surface area (Å²) in [5.74, 6) is 0.